The molecule has 210 valence electrons. The normalized spacial score (nSPS) is 20.7. The summed E-state index contributed by atoms with van der Waals surface area (Å²) in [6, 6.07) is 10.6. The second kappa shape index (κ2) is 11.0. The standard InChI is InChI=1S/C30H39ClN4O4/c1-29(2,3)39-27(36)30(4,5)20-8-12-22(13-9-20)38-28-32-24-18-23(31)25(33-26(24)34-28)19-6-10-21(11-7-19)35-14-16-37-17-15-35/h6-7,10-11,18,20,22H,8-9,12-17H2,1-5H3,(H,32,33,34)/t20-,22-. The molecule has 3 heterocycles. The highest BCUT2D eigenvalue weighted by molar-refractivity contribution is 6.33. The number of fused-ring (bicyclic) bond motifs is 1. The molecule has 0 spiro atoms. The number of carbonyl (C=O) groups excluding carboxylic acids is 1. The zero-order valence-electron chi connectivity index (χ0n) is 23.6. The maximum absolute atomic E-state index is 12.8. The van der Waals surface area contributed by atoms with Gasteiger partial charge >= 0.3 is 5.97 Å². The molecule has 1 saturated heterocycles. The van der Waals surface area contributed by atoms with Gasteiger partial charge in [0.15, 0.2) is 5.65 Å². The molecule has 1 N–H and O–H groups in total. The number of pyridine rings is 1. The molecule has 0 radical (unpaired) electrons. The predicted octanol–water partition coefficient (Wildman–Crippen LogP) is 6.42. The lowest BCUT2D eigenvalue weighted by atomic mass is 9.70. The molecule has 1 aromatic carbocycles. The van der Waals surface area contributed by atoms with Gasteiger partial charge in [-0.15, -0.1) is 0 Å². The van der Waals surface area contributed by atoms with Crippen molar-refractivity contribution in [1.82, 2.24) is 15.0 Å². The summed E-state index contributed by atoms with van der Waals surface area (Å²) in [6.45, 7) is 13.0. The molecule has 9 heteroatoms. The van der Waals surface area contributed by atoms with Crippen molar-refractivity contribution in [1.29, 1.82) is 0 Å². The summed E-state index contributed by atoms with van der Waals surface area (Å²) in [5, 5.41) is 0.557. The van der Waals surface area contributed by atoms with Crippen molar-refractivity contribution in [3.8, 4) is 17.3 Å². The first-order chi connectivity index (χ1) is 18.5. The van der Waals surface area contributed by atoms with Gasteiger partial charge in [-0.1, -0.05) is 23.7 Å². The second-order valence-corrected chi connectivity index (χ2v) is 12.6. The summed E-state index contributed by atoms with van der Waals surface area (Å²) in [5.41, 5.74) is 3.09. The Kier molecular flexibility index (Phi) is 7.80. The minimum Gasteiger partial charge on any atom is -0.461 e. The van der Waals surface area contributed by atoms with Crippen LogP contribution in [0, 0.1) is 11.3 Å². The van der Waals surface area contributed by atoms with Crippen LogP contribution in [-0.4, -0.2) is 58.9 Å². The molecule has 8 nitrogen and oxygen atoms in total. The van der Waals surface area contributed by atoms with E-state index in [1.54, 1.807) is 0 Å². The molecule has 0 atom stereocenters. The van der Waals surface area contributed by atoms with Gasteiger partial charge in [0.05, 0.1) is 34.9 Å². The van der Waals surface area contributed by atoms with Gasteiger partial charge in [-0.05, 0) is 84.4 Å². The van der Waals surface area contributed by atoms with Crippen LogP contribution in [-0.2, 0) is 14.3 Å². The van der Waals surface area contributed by atoms with Gasteiger partial charge in [-0.3, -0.25) is 4.79 Å². The van der Waals surface area contributed by atoms with E-state index in [0.29, 0.717) is 22.4 Å². The average molecular weight is 555 g/mol. The molecule has 0 unspecified atom stereocenters. The first-order valence-corrected chi connectivity index (χ1v) is 14.3. The number of imidazole rings is 1. The Balaban J connectivity index is 1.23. The fourth-order valence-electron chi connectivity index (χ4n) is 5.44. The van der Waals surface area contributed by atoms with E-state index < -0.39 is 11.0 Å². The maximum Gasteiger partial charge on any atom is 0.312 e. The number of hydrogen-bond donors (Lipinski definition) is 1. The molecular formula is C30H39ClN4O4. The summed E-state index contributed by atoms with van der Waals surface area (Å²) in [4.78, 5) is 27.7. The zero-order chi connectivity index (χ0) is 27.8. The van der Waals surface area contributed by atoms with Crippen LogP contribution in [0.15, 0.2) is 30.3 Å². The highest BCUT2D eigenvalue weighted by atomic mass is 35.5. The van der Waals surface area contributed by atoms with E-state index >= 15 is 0 Å². The Hall–Kier alpha value is -2.84. The highest BCUT2D eigenvalue weighted by Gasteiger charge is 2.41. The van der Waals surface area contributed by atoms with Gasteiger partial charge in [0.25, 0.3) is 6.01 Å². The largest absolute Gasteiger partial charge is 0.461 e. The Morgan fingerprint density at radius 2 is 1.69 bits per heavy atom. The van der Waals surface area contributed by atoms with Gasteiger partial charge in [-0.2, -0.15) is 4.98 Å². The van der Waals surface area contributed by atoms with Gasteiger partial charge < -0.3 is 24.1 Å². The van der Waals surface area contributed by atoms with Gasteiger partial charge in [-0.25, -0.2) is 4.98 Å². The number of halogens is 1. The minimum absolute atomic E-state index is 0.0268. The molecule has 0 amide bonds. The quantitative estimate of drug-likeness (QED) is 0.352. The topological polar surface area (TPSA) is 89.6 Å². The first-order valence-electron chi connectivity index (χ1n) is 13.9. The van der Waals surface area contributed by atoms with E-state index in [2.05, 4.69) is 27.0 Å². The Morgan fingerprint density at radius 1 is 1.03 bits per heavy atom. The van der Waals surface area contributed by atoms with Crippen LogP contribution in [0.2, 0.25) is 5.02 Å². The molecule has 1 saturated carbocycles. The van der Waals surface area contributed by atoms with Crippen LogP contribution in [0.4, 0.5) is 5.69 Å². The van der Waals surface area contributed by atoms with E-state index in [4.69, 9.17) is 30.8 Å². The zero-order valence-corrected chi connectivity index (χ0v) is 24.3. The second-order valence-electron chi connectivity index (χ2n) is 12.2. The number of ether oxygens (including phenoxy) is 3. The fraction of sp³-hybridized carbons (Fsp3) is 0.567. The predicted molar refractivity (Wildman–Crippen MR) is 153 cm³/mol. The Bertz CT molecular complexity index is 1300. The lowest BCUT2D eigenvalue weighted by molar-refractivity contribution is -0.170. The van der Waals surface area contributed by atoms with Crippen LogP contribution in [0.1, 0.15) is 60.3 Å². The number of H-pyrrole nitrogens is 1. The third kappa shape index (κ3) is 6.33. The fourth-order valence-corrected chi connectivity index (χ4v) is 5.70. The van der Waals surface area contributed by atoms with Crippen LogP contribution in [0.25, 0.3) is 22.4 Å². The van der Waals surface area contributed by atoms with Crippen molar-refractivity contribution in [2.45, 2.75) is 72.0 Å². The number of anilines is 1. The van der Waals surface area contributed by atoms with E-state index in [9.17, 15) is 4.79 Å². The summed E-state index contributed by atoms with van der Waals surface area (Å²) in [6.07, 6.45) is 3.52. The highest BCUT2D eigenvalue weighted by Crippen LogP contribution is 2.41. The van der Waals surface area contributed by atoms with Crippen LogP contribution in [0.5, 0.6) is 6.01 Å². The summed E-state index contributed by atoms with van der Waals surface area (Å²) < 4.78 is 17.4. The number of aromatic nitrogens is 3. The summed E-state index contributed by atoms with van der Waals surface area (Å²) >= 11 is 6.64. The number of hydrogen-bond acceptors (Lipinski definition) is 7. The molecule has 2 aromatic heterocycles. The van der Waals surface area contributed by atoms with Gasteiger partial charge in [0, 0.05) is 24.3 Å². The number of esters is 1. The molecule has 1 aliphatic carbocycles. The molecular weight excluding hydrogens is 516 g/mol. The van der Waals surface area contributed by atoms with Crippen molar-refractivity contribution >= 4 is 34.4 Å². The van der Waals surface area contributed by atoms with E-state index in [1.807, 2.05) is 52.8 Å². The molecule has 39 heavy (non-hydrogen) atoms. The third-order valence-electron chi connectivity index (χ3n) is 7.82. The number of carbonyl (C=O) groups is 1. The number of nitrogens with zero attached hydrogens (tertiary/aromatic N) is 3. The van der Waals surface area contributed by atoms with Crippen molar-refractivity contribution < 1.29 is 19.0 Å². The van der Waals surface area contributed by atoms with E-state index in [0.717, 1.165) is 63.1 Å². The average Bonchev–Trinajstić information content (AvgIpc) is 3.29. The molecule has 2 fully saturated rings. The van der Waals surface area contributed by atoms with Crippen LogP contribution >= 0.6 is 11.6 Å². The third-order valence-corrected chi connectivity index (χ3v) is 8.11. The monoisotopic (exact) mass is 554 g/mol. The molecule has 2 aliphatic rings. The van der Waals surface area contributed by atoms with Gasteiger partial charge in [0.1, 0.15) is 11.7 Å². The van der Waals surface area contributed by atoms with Crippen molar-refractivity contribution in [3.05, 3.63) is 35.4 Å². The molecule has 1 aliphatic heterocycles. The Labute approximate surface area is 235 Å². The van der Waals surface area contributed by atoms with Crippen molar-refractivity contribution in [2.24, 2.45) is 11.3 Å². The van der Waals surface area contributed by atoms with E-state index in [-0.39, 0.29) is 18.0 Å². The lowest BCUT2D eigenvalue weighted by Gasteiger charge is -2.38. The SMILES string of the molecule is CC(C)(C)OC(=O)C(C)(C)[C@H]1CC[C@H](Oc2nc3nc(-c4ccc(N5CCOCC5)cc4)c(Cl)cc3[nH]2)CC1. The Morgan fingerprint density at radius 3 is 2.33 bits per heavy atom. The summed E-state index contributed by atoms with van der Waals surface area (Å²) in [7, 11) is 0. The van der Waals surface area contributed by atoms with Crippen LogP contribution in [0.3, 0.4) is 0 Å². The number of morpholine rings is 1. The molecule has 0 bridgehead atoms. The van der Waals surface area contributed by atoms with Gasteiger partial charge in [0.2, 0.25) is 0 Å². The first kappa shape index (κ1) is 27.7. The van der Waals surface area contributed by atoms with Crippen LogP contribution < -0.4 is 9.64 Å². The molecule has 5 rings (SSSR count). The lowest BCUT2D eigenvalue weighted by Crippen LogP contribution is -2.41. The number of nitrogens with one attached hydrogen (secondary N) is 1. The number of aromatic amines is 1. The van der Waals surface area contributed by atoms with Crippen molar-refractivity contribution in [2.75, 3.05) is 31.2 Å². The minimum atomic E-state index is -0.533. The number of benzene rings is 1. The number of rotatable bonds is 6. The summed E-state index contributed by atoms with van der Waals surface area (Å²) in [5.74, 6) is 0.117. The van der Waals surface area contributed by atoms with E-state index in [1.165, 1.54) is 5.69 Å². The smallest absolute Gasteiger partial charge is 0.312 e. The maximum atomic E-state index is 12.8. The van der Waals surface area contributed by atoms with Crippen molar-refractivity contribution in [3.63, 3.8) is 0 Å². The molecule has 3 aromatic rings.